The molecule has 1 aromatic heterocycles. The van der Waals surface area contributed by atoms with Crippen LogP contribution in [0.25, 0.3) is 0 Å². The Morgan fingerprint density at radius 3 is 2.94 bits per heavy atom. The number of aromatic nitrogens is 2. The quantitative estimate of drug-likeness (QED) is 0.902. The molecule has 1 heterocycles. The topological polar surface area (TPSA) is 37.8 Å². The van der Waals surface area contributed by atoms with Gasteiger partial charge in [0.1, 0.15) is 5.82 Å². The Labute approximate surface area is 106 Å². The highest BCUT2D eigenvalue weighted by Gasteiger charge is 2.01. The molecule has 17 heavy (non-hydrogen) atoms. The summed E-state index contributed by atoms with van der Waals surface area (Å²) >= 11 is 5.94. The monoisotopic (exact) mass is 247 g/mol. The van der Waals surface area contributed by atoms with E-state index in [0.717, 1.165) is 28.6 Å². The summed E-state index contributed by atoms with van der Waals surface area (Å²) in [5.74, 6) is 0.819. The van der Waals surface area contributed by atoms with Crippen LogP contribution < -0.4 is 5.32 Å². The summed E-state index contributed by atoms with van der Waals surface area (Å²) in [5.41, 5.74) is 2.12. The largest absolute Gasteiger partial charge is 0.314 e. The van der Waals surface area contributed by atoms with Crippen LogP contribution in [0.1, 0.15) is 17.1 Å². The van der Waals surface area contributed by atoms with Crippen LogP contribution in [0.15, 0.2) is 36.5 Å². The van der Waals surface area contributed by atoms with Gasteiger partial charge in [-0.1, -0.05) is 23.7 Å². The lowest BCUT2D eigenvalue weighted by Gasteiger charge is -2.03. The number of nitrogens with one attached hydrogen (secondary N) is 1. The van der Waals surface area contributed by atoms with Crippen molar-refractivity contribution in [2.24, 2.45) is 0 Å². The first-order valence-corrected chi connectivity index (χ1v) is 5.85. The van der Waals surface area contributed by atoms with Gasteiger partial charge in [0.25, 0.3) is 0 Å². The van der Waals surface area contributed by atoms with Gasteiger partial charge in [0.15, 0.2) is 0 Å². The molecular weight excluding hydrogens is 234 g/mol. The van der Waals surface area contributed by atoms with Gasteiger partial charge in [-0.05, 0) is 30.8 Å². The molecule has 0 unspecified atom stereocenters. The van der Waals surface area contributed by atoms with Crippen LogP contribution in [-0.2, 0) is 13.0 Å². The molecule has 2 rings (SSSR count). The number of halogens is 1. The molecule has 1 aromatic carbocycles. The predicted molar refractivity (Wildman–Crippen MR) is 69.1 cm³/mol. The van der Waals surface area contributed by atoms with Crippen molar-refractivity contribution in [2.75, 3.05) is 7.05 Å². The number of benzene rings is 1. The van der Waals surface area contributed by atoms with Crippen LogP contribution in [0.3, 0.4) is 0 Å². The van der Waals surface area contributed by atoms with E-state index in [4.69, 9.17) is 11.6 Å². The first kappa shape index (κ1) is 12.0. The molecule has 1 N–H and O–H groups in total. The van der Waals surface area contributed by atoms with Gasteiger partial charge >= 0.3 is 0 Å². The maximum atomic E-state index is 5.94. The molecule has 3 nitrogen and oxygen atoms in total. The van der Waals surface area contributed by atoms with E-state index in [0.29, 0.717) is 6.42 Å². The second-order valence-electron chi connectivity index (χ2n) is 3.80. The molecule has 0 amide bonds. The first-order chi connectivity index (χ1) is 8.28. The third-order valence-corrected chi connectivity index (χ3v) is 2.61. The van der Waals surface area contributed by atoms with Gasteiger partial charge in [0.05, 0.1) is 5.69 Å². The van der Waals surface area contributed by atoms with E-state index >= 15 is 0 Å². The Kier molecular flexibility index (Phi) is 4.07. The highest BCUT2D eigenvalue weighted by atomic mass is 35.5. The predicted octanol–water partition coefficient (Wildman–Crippen LogP) is 2.44. The zero-order valence-corrected chi connectivity index (χ0v) is 10.4. The van der Waals surface area contributed by atoms with Gasteiger partial charge in [0, 0.05) is 24.2 Å². The Hall–Kier alpha value is -1.45. The molecule has 2 aromatic rings. The maximum Gasteiger partial charge on any atom is 0.132 e. The molecule has 4 heteroatoms. The third-order valence-electron chi connectivity index (χ3n) is 2.37. The maximum absolute atomic E-state index is 5.94. The van der Waals surface area contributed by atoms with Crippen molar-refractivity contribution >= 4 is 11.6 Å². The Morgan fingerprint density at radius 1 is 1.29 bits per heavy atom. The van der Waals surface area contributed by atoms with E-state index in [2.05, 4.69) is 15.3 Å². The average molecular weight is 248 g/mol. The third kappa shape index (κ3) is 3.51. The highest BCUT2D eigenvalue weighted by molar-refractivity contribution is 6.30. The van der Waals surface area contributed by atoms with Gasteiger partial charge < -0.3 is 5.32 Å². The zero-order chi connectivity index (χ0) is 12.1. The molecular formula is C13H14ClN3. The van der Waals surface area contributed by atoms with Gasteiger partial charge in [-0.3, -0.25) is 0 Å². The van der Waals surface area contributed by atoms with Crippen LogP contribution in [0.2, 0.25) is 5.02 Å². The van der Waals surface area contributed by atoms with E-state index < -0.39 is 0 Å². The van der Waals surface area contributed by atoms with E-state index in [1.165, 1.54) is 0 Å². The van der Waals surface area contributed by atoms with Crippen molar-refractivity contribution in [3.63, 3.8) is 0 Å². The normalized spacial score (nSPS) is 10.5. The summed E-state index contributed by atoms with van der Waals surface area (Å²) in [7, 11) is 1.90. The molecule has 0 saturated carbocycles. The average Bonchev–Trinajstić information content (AvgIpc) is 2.30. The molecule has 0 spiro atoms. The van der Waals surface area contributed by atoms with Crippen molar-refractivity contribution in [1.29, 1.82) is 0 Å². The standard InChI is InChI=1S/C13H14ClN3/c1-15-9-12-5-6-16-13(17-12)8-10-3-2-4-11(14)7-10/h2-7,15H,8-9H2,1H3. The second kappa shape index (κ2) is 5.75. The Morgan fingerprint density at radius 2 is 2.18 bits per heavy atom. The van der Waals surface area contributed by atoms with Gasteiger partial charge in [-0.25, -0.2) is 9.97 Å². The second-order valence-corrected chi connectivity index (χ2v) is 4.24. The number of hydrogen-bond acceptors (Lipinski definition) is 3. The van der Waals surface area contributed by atoms with Crippen molar-refractivity contribution in [2.45, 2.75) is 13.0 Å². The summed E-state index contributed by atoms with van der Waals surface area (Å²) in [4.78, 5) is 8.74. The van der Waals surface area contributed by atoms with Crippen LogP contribution in [-0.4, -0.2) is 17.0 Å². The fourth-order valence-corrected chi connectivity index (χ4v) is 1.85. The minimum absolute atomic E-state index is 0.706. The van der Waals surface area contributed by atoms with Gasteiger partial charge in [-0.15, -0.1) is 0 Å². The van der Waals surface area contributed by atoms with Crippen molar-refractivity contribution in [3.05, 3.63) is 58.6 Å². The lowest BCUT2D eigenvalue weighted by molar-refractivity contribution is 0.772. The highest BCUT2D eigenvalue weighted by Crippen LogP contribution is 2.13. The molecule has 88 valence electrons. The number of rotatable bonds is 4. The lowest BCUT2D eigenvalue weighted by Crippen LogP contribution is -2.09. The number of hydrogen-bond donors (Lipinski definition) is 1. The molecule has 0 atom stereocenters. The summed E-state index contributed by atoms with van der Waals surface area (Å²) in [6, 6.07) is 9.69. The zero-order valence-electron chi connectivity index (χ0n) is 9.65. The lowest BCUT2D eigenvalue weighted by atomic mass is 10.1. The molecule has 0 saturated heterocycles. The molecule has 0 fully saturated rings. The van der Waals surface area contributed by atoms with E-state index in [-0.39, 0.29) is 0 Å². The fourth-order valence-electron chi connectivity index (χ4n) is 1.64. The summed E-state index contributed by atoms with van der Waals surface area (Å²) in [6.45, 7) is 0.755. The molecule has 0 radical (unpaired) electrons. The van der Waals surface area contributed by atoms with Crippen molar-refractivity contribution in [3.8, 4) is 0 Å². The van der Waals surface area contributed by atoms with Crippen LogP contribution in [0.5, 0.6) is 0 Å². The van der Waals surface area contributed by atoms with Crippen LogP contribution in [0, 0.1) is 0 Å². The molecule has 0 aliphatic rings. The minimum atomic E-state index is 0.706. The fraction of sp³-hybridized carbons (Fsp3) is 0.231. The van der Waals surface area contributed by atoms with E-state index in [9.17, 15) is 0 Å². The smallest absolute Gasteiger partial charge is 0.132 e. The van der Waals surface area contributed by atoms with E-state index in [1.54, 1.807) is 6.20 Å². The van der Waals surface area contributed by atoms with Crippen molar-refractivity contribution in [1.82, 2.24) is 15.3 Å². The van der Waals surface area contributed by atoms with Crippen LogP contribution >= 0.6 is 11.6 Å². The van der Waals surface area contributed by atoms with Crippen LogP contribution in [0.4, 0.5) is 0 Å². The Balaban J connectivity index is 2.15. The number of nitrogens with zero attached hydrogens (tertiary/aromatic N) is 2. The molecule has 0 aliphatic carbocycles. The van der Waals surface area contributed by atoms with Gasteiger partial charge in [0.2, 0.25) is 0 Å². The Bertz CT molecular complexity index is 500. The summed E-state index contributed by atoms with van der Waals surface area (Å²) in [6.07, 6.45) is 2.50. The summed E-state index contributed by atoms with van der Waals surface area (Å²) < 4.78 is 0. The first-order valence-electron chi connectivity index (χ1n) is 5.48. The van der Waals surface area contributed by atoms with E-state index in [1.807, 2.05) is 37.4 Å². The SMILES string of the molecule is CNCc1ccnc(Cc2cccc(Cl)c2)n1. The molecule has 0 bridgehead atoms. The summed E-state index contributed by atoms with van der Waals surface area (Å²) in [5, 5.41) is 3.82. The van der Waals surface area contributed by atoms with Crippen molar-refractivity contribution < 1.29 is 0 Å². The minimum Gasteiger partial charge on any atom is -0.314 e. The molecule has 0 aliphatic heterocycles. The van der Waals surface area contributed by atoms with Gasteiger partial charge in [-0.2, -0.15) is 0 Å².